The van der Waals surface area contributed by atoms with Gasteiger partial charge in [0.05, 0.1) is 18.0 Å². The first-order chi connectivity index (χ1) is 15.9. The van der Waals surface area contributed by atoms with Crippen LogP contribution >= 0.6 is 11.3 Å². The number of amides is 1. The van der Waals surface area contributed by atoms with E-state index in [4.69, 9.17) is 4.98 Å². The predicted octanol–water partition coefficient (Wildman–Crippen LogP) is 3.19. The maximum absolute atomic E-state index is 13.0. The van der Waals surface area contributed by atoms with Crippen molar-refractivity contribution < 1.29 is 4.79 Å². The SMILES string of the molecule is CC1CCc2c(sc3nc(C(C)N4CCN(CC(=O)N5CCCCC5C)CC4)[nH]c(=O)c23)C1. The van der Waals surface area contributed by atoms with Crippen molar-refractivity contribution in [1.82, 2.24) is 24.7 Å². The molecule has 0 radical (unpaired) electrons. The molecule has 5 rings (SSSR count). The highest BCUT2D eigenvalue weighted by atomic mass is 32.1. The van der Waals surface area contributed by atoms with E-state index in [0.29, 0.717) is 18.5 Å². The molecule has 1 amide bonds. The van der Waals surface area contributed by atoms with Crippen LogP contribution < -0.4 is 5.56 Å². The average molecular weight is 472 g/mol. The first kappa shape index (κ1) is 23.0. The van der Waals surface area contributed by atoms with Gasteiger partial charge in [0.25, 0.3) is 5.56 Å². The molecule has 0 bridgehead atoms. The molecule has 0 spiro atoms. The Morgan fingerprint density at radius 1 is 1.15 bits per heavy atom. The molecule has 2 aromatic rings. The molecule has 3 atom stereocenters. The Hall–Kier alpha value is -1.77. The smallest absolute Gasteiger partial charge is 0.259 e. The summed E-state index contributed by atoms with van der Waals surface area (Å²) in [5.74, 6) is 1.73. The lowest BCUT2D eigenvalue weighted by Crippen LogP contribution is -2.52. The summed E-state index contributed by atoms with van der Waals surface area (Å²) in [6, 6.07) is 0.427. The average Bonchev–Trinajstić information content (AvgIpc) is 3.17. The van der Waals surface area contributed by atoms with Gasteiger partial charge in [-0.25, -0.2) is 4.98 Å². The summed E-state index contributed by atoms with van der Waals surface area (Å²) >= 11 is 1.72. The largest absolute Gasteiger partial charge is 0.339 e. The molecule has 1 N–H and O–H groups in total. The number of hydrogen-bond donors (Lipinski definition) is 1. The van der Waals surface area contributed by atoms with Crippen LogP contribution in [0.15, 0.2) is 4.79 Å². The van der Waals surface area contributed by atoms with E-state index in [-0.39, 0.29) is 17.5 Å². The van der Waals surface area contributed by atoms with E-state index < -0.39 is 0 Å². The molecule has 2 aromatic heterocycles. The lowest BCUT2D eigenvalue weighted by Gasteiger charge is -2.39. The maximum atomic E-state index is 13.0. The minimum Gasteiger partial charge on any atom is -0.339 e. The zero-order valence-corrected chi connectivity index (χ0v) is 21.0. The van der Waals surface area contributed by atoms with Gasteiger partial charge in [-0.15, -0.1) is 11.3 Å². The molecule has 0 aromatic carbocycles. The predicted molar refractivity (Wildman–Crippen MR) is 133 cm³/mol. The van der Waals surface area contributed by atoms with Crippen LogP contribution in [0, 0.1) is 5.92 Å². The van der Waals surface area contributed by atoms with E-state index in [0.717, 1.165) is 80.9 Å². The van der Waals surface area contributed by atoms with Crippen LogP contribution in [0.5, 0.6) is 0 Å². The minimum absolute atomic E-state index is 0.0220. The van der Waals surface area contributed by atoms with E-state index in [1.165, 1.54) is 16.9 Å². The van der Waals surface area contributed by atoms with E-state index in [1.54, 1.807) is 11.3 Å². The van der Waals surface area contributed by atoms with Gasteiger partial charge in [-0.1, -0.05) is 6.92 Å². The van der Waals surface area contributed by atoms with Gasteiger partial charge in [0.1, 0.15) is 10.7 Å². The van der Waals surface area contributed by atoms with Crippen molar-refractivity contribution in [2.75, 3.05) is 39.3 Å². The molecule has 180 valence electrons. The van der Waals surface area contributed by atoms with Crippen LogP contribution in [0.4, 0.5) is 0 Å². The summed E-state index contributed by atoms with van der Waals surface area (Å²) in [4.78, 5) is 42.8. The summed E-state index contributed by atoms with van der Waals surface area (Å²) in [6.07, 6.45) is 6.70. The second kappa shape index (κ2) is 9.47. The molecular weight excluding hydrogens is 434 g/mol. The van der Waals surface area contributed by atoms with Crippen LogP contribution in [0.2, 0.25) is 0 Å². The molecule has 1 aliphatic carbocycles. The number of H-pyrrole nitrogens is 1. The van der Waals surface area contributed by atoms with Gasteiger partial charge in [0.2, 0.25) is 5.91 Å². The van der Waals surface area contributed by atoms with Crippen molar-refractivity contribution >= 4 is 27.5 Å². The van der Waals surface area contributed by atoms with Gasteiger partial charge in [0, 0.05) is 43.6 Å². The number of aromatic nitrogens is 2. The summed E-state index contributed by atoms with van der Waals surface area (Å²) < 4.78 is 0. The number of aromatic amines is 1. The summed E-state index contributed by atoms with van der Waals surface area (Å²) in [5.41, 5.74) is 1.26. The number of nitrogens with zero attached hydrogens (tertiary/aromatic N) is 4. The van der Waals surface area contributed by atoms with Gasteiger partial charge in [-0.2, -0.15) is 0 Å². The normalized spacial score (nSPS) is 25.8. The van der Waals surface area contributed by atoms with Crippen molar-refractivity contribution in [3.05, 3.63) is 26.6 Å². The lowest BCUT2D eigenvalue weighted by atomic mass is 9.89. The lowest BCUT2D eigenvalue weighted by molar-refractivity contribution is -0.136. The van der Waals surface area contributed by atoms with Gasteiger partial charge >= 0.3 is 0 Å². The third-order valence-corrected chi connectivity index (χ3v) is 9.16. The van der Waals surface area contributed by atoms with E-state index in [9.17, 15) is 9.59 Å². The third kappa shape index (κ3) is 4.62. The molecule has 2 fully saturated rings. The van der Waals surface area contributed by atoms with Crippen LogP contribution in [0.1, 0.15) is 68.8 Å². The molecule has 7 nitrogen and oxygen atoms in total. The molecule has 8 heteroatoms. The van der Waals surface area contributed by atoms with Gasteiger partial charge in [0.15, 0.2) is 0 Å². The second-order valence-electron chi connectivity index (χ2n) is 10.4. The Balaban J connectivity index is 1.23. The molecular formula is C25H37N5O2S. The monoisotopic (exact) mass is 471 g/mol. The number of piperazine rings is 1. The van der Waals surface area contributed by atoms with Crippen LogP contribution in [-0.2, 0) is 17.6 Å². The molecule has 33 heavy (non-hydrogen) atoms. The van der Waals surface area contributed by atoms with Crippen LogP contribution in [0.3, 0.4) is 0 Å². The number of likely N-dealkylation sites (tertiary alicyclic amines) is 1. The van der Waals surface area contributed by atoms with Crippen molar-refractivity contribution in [3.8, 4) is 0 Å². The number of aryl methyl sites for hydroxylation is 1. The molecule has 3 unspecified atom stereocenters. The Kier molecular flexibility index (Phi) is 6.60. The van der Waals surface area contributed by atoms with Gasteiger partial charge in [-0.3, -0.25) is 19.4 Å². The van der Waals surface area contributed by atoms with Gasteiger partial charge in [-0.05, 0) is 63.9 Å². The highest BCUT2D eigenvalue weighted by molar-refractivity contribution is 7.18. The standard InChI is InChI=1S/C25H37N5O2S/c1-16-7-8-19-20(14-16)33-25-22(19)24(32)26-23(27-25)18(3)29-12-10-28(11-13-29)15-21(31)30-9-5-4-6-17(30)2/h16-18H,4-15H2,1-3H3,(H,26,27,32). The number of nitrogens with one attached hydrogen (secondary N) is 1. The van der Waals surface area contributed by atoms with Crippen molar-refractivity contribution in [2.24, 2.45) is 5.92 Å². The fourth-order valence-corrected chi connectivity index (χ4v) is 7.19. The third-order valence-electron chi connectivity index (χ3n) is 8.02. The highest BCUT2D eigenvalue weighted by Gasteiger charge is 2.29. The van der Waals surface area contributed by atoms with Crippen molar-refractivity contribution in [2.45, 2.75) is 71.4 Å². The Labute approximate surface area is 200 Å². The minimum atomic E-state index is 0.0220. The topological polar surface area (TPSA) is 72.5 Å². The fraction of sp³-hybridized carbons (Fsp3) is 0.720. The van der Waals surface area contributed by atoms with E-state index >= 15 is 0 Å². The van der Waals surface area contributed by atoms with Crippen molar-refractivity contribution in [1.29, 1.82) is 0 Å². The first-order valence-corrected chi connectivity index (χ1v) is 13.5. The quantitative estimate of drug-likeness (QED) is 0.742. The molecule has 4 heterocycles. The number of thiophene rings is 1. The number of carbonyl (C=O) groups excluding carboxylic acids is 1. The first-order valence-electron chi connectivity index (χ1n) is 12.7. The van der Waals surface area contributed by atoms with E-state index in [2.05, 4.69) is 40.5 Å². The Bertz CT molecular complexity index is 1070. The zero-order chi connectivity index (χ0) is 23.1. The molecule has 3 aliphatic rings. The Morgan fingerprint density at radius 2 is 1.94 bits per heavy atom. The molecule has 2 saturated heterocycles. The number of carbonyl (C=O) groups is 1. The summed E-state index contributed by atoms with van der Waals surface area (Å²) in [7, 11) is 0. The van der Waals surface area contributed by atoms with Crippen molar-refractivity contribution in [3.63, 3.8) is 0 Å². The number of rotatable bonds is 4. The number of hydrogen-bond acceptors (Lipinski definition) is 6. The molecule has 0 saturated carbocycles. The Morgan fingerprint density at radius 3 is 2.70 bits per heavy atom. The van der Waals surface area contributed by atoms with Gasteiger partial charge < -0.3 is 9.88 Å². The second-order valence-corrected chi connectivity index (χ2v) is 11.5. The molecule has 2 aliphatic heterocycles. The summed E-state index contributed by atoms with van der Waals surface area (Å²) in [6.45, 7) is 11.5. The summed E-state index contributed by atoms with van der Waals surface area (Å²) in [5, 5.41) is 0.827. The number of fused-ring (bicyclic) bond motifs is 3. The van der Waals surface area contributed by atoms with Crippen LogP contribution in [-0.4, -0.2) is 75.9 Å². The zero-order valence-electron chi connectivity index (χ0n) is 20.2. The van der Waals surface area contributed by atoms with E-state index in [1.807, 2.05) is 0 Å². The van der Waals surface area contributed by atoms with Crippen LogP contribution in [0.25, 0.3) is 10.2 Å². The highest BCUT2D eigenvalue weighted by Crippen LogP contribution is 2.36. The number of piperidine rings is 1. The maximum Gasteiger partial charge on any atom is 0.259 e. The fourth-order valence-electron chi connectivity index (χ4n) is 5.80.